The molecular weight excluding hydrogens is 254 g/mol. The van der Waals surface area contributed by atoms with E-state index in [0.29, 0.717) is 5.92 Å². The third-order valence-electron chi connectivity index (χ3n) is 3.18. The molecule has 0 bridgehead atoms. The SMILES string of the molecule is CC(CNCCC(N)c1ccccc1)c1nccs1. The standard InChI is InChI=1S/C15H21N3S/c1-12(15-18-9-10-19-15)11-17-8-7-14(16)13-5-3-2-4-6-13/h2-6,9-10,12,14,17H,7-8,11,16H2,1H3. The molecule has 0 radical (unpaired) electrons. The molecule has 19 heavy (non-hydrogen) atoms. The van der Waals surface area contributed by atoms with Crippen LogP contribution >= 0.6 is 11.3 Å². The van der Waals surface area contributed by atoms with Crippen molar-refractivity contribution in [3.8, 4) is 0 Å². The number of nitrogens with one attached hydrogen (secondary N) is 1. The van der Waals surface area contributed by atoms with Crippen molar-refractivity contribution in [3.05, 3.63) is 52.5 Å². The number of aromatic nitrogens is 1. The van der Waals surface area contributed by atoms with Crippen LogP contribution in [0.1, 0.15) is 35.9 Å². The molecule has 1 aromatic carbocycles. The smallest absolute Gasteiger partial charge is 0.0965 e. The van der Waals surface area contributed by atoms with Crippen LogP contribution in [-0.4, -0.2) is 18.1 Å². The van der Waals surface area contributed by atoms with E-state index in [-0.39, 0.29) is 6.04 Å². The van der Waals surface area contributed by atoms with Gasteiger partial charge in [0.2, 0.25) is 0 Å². The number of hydrogen-bond acceptors (Lipinski definition) is 4. The topological polar surface area (TPSA) is 50.9 Å². The zero-order chi connectivity index (χ0) is 13.5. The van der Waals surface area contributed by atoms with Gasteiger partial charge in [-0.2, -0.15) is 0 Å². The molecule has 0 fully saturated rings. The predicted molar refractivity (Wildman–Crippen MR) is 81.4 cm³/mol. The third-order valence-corrected chi connectivity index (χ3v) is 4.19. The molecule has 0 saturated carbocycles. The molecule has 0 aliphatic rings. The maximum absolute atomic E-state index is 6.16. The molecule has 2 atom stereocenters. The van der Waals surface area contributed by atoms with Crippen molar-refractivity contribution < 1.29 is 0 Å². The van der Waals surface area contributed by atoms with E-state index in [0.717, 1.165) is 19.5 Å². The van der Waals surface area contributed by atoms with Gasteiger partial charge in [-0.25, -0.2) is 4.98 Å². The Kier molecular flexibility index (Phi) is 5.51. The highest BCUT2D eigenvalue weighted by atomic mass is 32.1. The summed E-state index contributed by atoms with van der Waals surface area (Å²) in [7, 11) is 0. The second-order valence-electron chi connectivity index (χ2n) is 4.78. The van der Waals surface area contributed by atoms with Gasteiger partial charge in [0.1, 0.15) is 0 Å². The van der Waals surface area contributed by atoms with Crippen LogP contribution in [0.2, 0.25) is 0 Å². The Balaban J connectivity index is 1.67. The van der Waals surface area contributed by atoms with E-state index in [4.69, 9.17) is 5.73 Å². The van der Waals surface area contributed by atoms with Crippen LogP contribution in [-0.2, 0) is 0 Å². The molecule has 2 unspecified atom stereocenters. The average Bonchev–Trinajstić information content (AvgIpc) is 2.98. The lowest BCUT2D eigenvalue weighted by molar-refractivity contribution is 0.553. The van der Waals surface area contributed by atoms with Crippen LogP contribution in [0.25, 0.3) is 0 Å². The first-order valence-corrected chi connectivity index (χ1v) is 7.56. The largest absolute Gasteiger partial charge is 0.324 e. The molecule has 4 heteroatoms. The molecule has 0 aliphatic carbocycles. The van der Waals surface area contributed by atoms with Gasteiger partial charge in [-0.15, -0.1) is 11.3 Å². The highest BCUT2D eigenvalue weighted by molar-refractivity contribution is 7.09. The lowest BCUT2D eigenvalue weighted by atomic mass is 10.0. The average molecular weight is 275 g/mol. The molecule has 0 saturated heterocycles. The molecule has 3 nitrogen and oxygen atoms in total. The lowest BCUT2D eigenvalue weighted by Crippen LogP contribution is -2.24. The summed E-state index contributed by atoms with van der Waals surface area (Å²) in [5.41, 5.74) is 7.36. The second-order valence-corrected chi connectivity index (χ2v) is 5.71. The highest BCUT2D eigenvalue weighted by Gasteiger charge is 2.08. The Hall–Kier alpha value is -1.23. The molecule has 0 spiro atoms. The van der Waals surface area contributed by atoms with Gasteiger partial charge in [0.25, 0.3) is 0 Å². The lowest BCUT2D eigenvalue weighted by Gasteiger charge is -2.14. The summed E-state index contributed by atoms with van der Waals surface area (Å²) in [4.78, 5) is 4.33. The van der Waals surface area contributed by atoms with Gasteiger partial charge in [-0.1, -0.05) is 37.3 Å². The van der Waals surface area contributed by atoms with Crippen LogP contribution in [0, 0.1) is 0 Å². The van der Waals surface area contributed by atoms with Gasteiger partial charge in [-0.3, -0.25) is 0 Å². The van der Waals surface area contributed by atoms with Crippen molar-refractivity contribution in [1.29, 1.82) is 0 Å². The Labute approximate surface area is 118 Å². The Bertz CT molecular complexity index is 456. The van der Waals surface area contributed by atoms with Crippen molar-refractivity contribution in [1.82, 2.24) is 10.3 Å². The van der Waals surface area contributed by atoms with Crippen LogP contribution in [0.15, 0.2) is 41.9 Å². The minimum Gasteiger partial charge on any atom is -0.324 e. The summed E-state index contributed by atoms with van der Waals surface area (Å²) < 4.78 is 0. The van der Waals surface area contributed by atoms with Crippen molar-refractivity contribution in [2.24, 2.45) is 5.73 Å². The van der Waals surface area contributed by atoms with E-state index in [9.17, 15) is 0 Å². The molecule has 102 valence electrons. The molecule has 2 rings (SSSR count). The number of rotatable bonds is 7. The van der Waals surface area contributed by atoms with Crippen LogP contribution in [0.3, 0.4) is 0 Å². The van der Waals surface area contributed by atoms with E-state index in [1.54, 1.807) is 11.3 Å². The Morgan fingerprint density at radius 2 is 2.11 bits per heavy atom. The third kappa shape index (κ3) is 4.42. The number of nitrogens with zero attached hydrogens (tertiary/aromatic N) is 1. The van der Waals surface area contributed by atoms with E-state index in [1.165, 1.54) is 10.6 Å². The monoisotopic (exact) mass is 275 g/mol. The zero-order valence-corrected chi connectivity index (χ0v) is 12.1. The Morgan fingerprint density at radius 1 is 1.32 bits per heavy atom. The quantitative estimate of drug-likeness (QED) is 0.764. The molecule has 1 aromatic heterocycles. The first-order chi connectivity index (χ1) is 9.27. The number of benzene rings is 1. The predicted octanol–water partition coefficient (Wildman–Crippen LogP) is 2.93. The van der Waals surface area contributed by atoms with Crippen molar-refractivity contribution in [2.45, 2.75) is 25.3 Å². The fourth-order valence-electron chi connectivity index (χ4n) is 2.01. The summed E-state index contributed by atoms with van der Waals surface area (Å²) >= 11 is 1.72. The fourth-order valence-corrected chi connectivity index (χ4v) is 2.71. The highest BCUT2D eigenvalue weighted by Crippen LogP contribution is 2.16. The molecular formula is C15H21N3S. The van der Waals surface area contributed by atoms with E-state index in [1.807, 2.05) is 29.8 Å². The van der Waals surface area contributed by atoms with Gasteiger partial charge in [0.05, 0.1) is 5.01 Å². The summed E-state index contributed by atoms with van der Waals surface area (Å²) in [6.45, 7) is 4.09. The minimum absolute atomic E-state index is 0.115. The molecule has 0 amide bonds. The minimum atomic E-state index is 0.115. The zero-order valence-electron chi connectivity index (χ0n) is 11.3. The van der Waals surface area contributed by atoms with Crippen LogP contribution < -0.4 is 11.1 Å². The molecule has 1 heterocycles. The van der Waals surface area contributed by atoms with Gasteiger partial charge >= 0.3 is 0 Å². The fraction of sp³-hybridized carbons (Fsp3) is 0.400. The second kappa shape index (κ2) is 7.38. The van der Waals surface area contributed by atoms with Crippen molar-refractivity contribution >= 4 is 11.3 Å². The van der Waals surface area contributed by atoms with Gasteiger partial charge < -0.3 is 11.1 Å². The first-order valence-electron chi connectivity index (χ1n) is 6.68. The van der Waals surface area contributed by atoms with Gasteiger partial charge in [0.15, 0.2) is 0 Å². The summed E-state index contributed by atoms with van der Waals surface area (Å²) in [5.74, 6) is 0.466. The normalized spacial score (nSPS) is 14.2. The van der Waals surface area contributed by atoms with Crippen LogP contribution in [0.5, 0.6) is 0 Å². The maximum atomic E-state index is 6.16. The van der Waals surface area contributed by atoms with Gasteiger partial charge in [-0.05, 0) is 18.5 Å². The summed E-state index contributed by atoms with van der Waals surface area (Å²) in [5, 5.41) is 6.68. The Morgan fingerprint density at radius 3 is 2.79 bits per heavy atom. The number of hydrogen-bond donors (Lipinski definition) is 2. The first kappa shape index (κ1) is 14.2. The number of nitrogens with two attached hydrogens (primary N) is 1. The van der Waals surface area contributed by atoms with Crippen molar-refractivity contribution in [3.63, 3.8) is 0 Å². The molecule has 2 aromatic rings. The summed E-state index contributed by atoms with van der Waals surface area (Å²) in [6, 6.07) is 10.4. The van der Waals surface area contributed by atoms with E-state index < -0.39 is 0 Å². The molecule has 0 aliphatic heterocycles. The van der Waals surface area contributed by atoms with E-state index in [2.05, 4.69) is 29.4 Å². The number of thiazole rings is 1. The maximum Gasteiger partial charge on any atom is 0.0965 e. The summed E-state index contributed by atoms with van der Waals surface area (Å²) in [6.07, 6.45) is 2.82. The molecule has 3 N–H and O–H groups in total. The van der Waals surface area contributed by atoms with Crippen LogP contribution in [0.4, 0.5) is 0 Å². The van der Waals surface area contributed by atoms with Gasteiger partial charge in [0, 0.05) is 30.1 Å². The van der Waals surface area contributed by atoms with E-state index >= 15 is 0 Å². The van der Waals surface area contributed by atoms with Crippen molar-refractivity contribution in [2.75, 3.05) is 13.1 Å².